The van der Waals surface area contributed by atoms with Crippen molar-refractivity contribution < 1.29 is 0 Å². The van der Waals surface area contributed by atoms with Gasteiger partial charge in [0.1, 0.15) is 0 Å². The summed E-state index contributed by atoms with van der Waals surface area (Å²) >= 11 is 10.3. The molecule has 2 heteroatoms. The Labute approximate surface area is 127 Å². The van der Waals surface area contributed by atoms with Gasteiger partial charge in [-0.25, -0.2) is 0 Å². The van der Waals surface area contributed by atoms with E-state index >= 15 is 0 Å². The fourth-order valence-corrected chi connectivity index (χ4v) is 3.95. The predicted octanol–water partition coefficient (Wildman–Crippen LogP) is 5.57. The average molecular weight is 336 g/mol. The molecule has 0 amide bonds. The fourth-order valence-electron chi connectivity index (χ4n) is 2.77. The lowest BCUT2D eigenvalue weighted by Crippen LogP contribution is -1.96. The standard InChI is InChI=1S/C17H16BrCl/c1-11-5-8-15(16(18)9-11)17(19)14-7-6-12-3-2-4-13(12)10-14/h5-10,17H,2-4H2,1H3. The van der Waals surface area contributed by atoms with E-state index in [2.05, 4.69) is 59.3 Å². The first-order valence-corrected chi connectivity index (χ1v) is 7.90. The summed E-state index contributed by atoms with van der Waals surface area (Å²) in [6.07, 6.45) is 3.69. The largest absolute Gasteiger partial charge is 0.113 e. The summed E-state index contributed by atoms with van der Waals surface area (Å²) < 4.78 is 1.09. The number of aryl methyl sites for hydroxylation is 3. The third kappa shape index (κ3) is 2.59. The van der Waals surface area contributed by atoms with E-state index in [0.29, 0.717) is 0 Å². The van der Waals surface area contributed by atoms with E-state index in [1.807, 2.05) is 0 Å². The minimum absolute atomic E-state index is 0.0825. The first kappa shape index (κ1) is 13.2. The first-order chi connectivity index (χ1) is 9.15. The highest BCUT2D eigenvalue weighted by Gasteiger charge is 2.17. The molecule has 2 aromatic rings. The molecular formula is C17H16BrCl. The van der Waals surface area contributed by atoms with Gasteiger partial charge in [0.25, 0.3) is 0 Å². The van der Waals surface area contributed by atoms with Gasteiger partial charge in [0.05, 0.1) is 5.38 Å². The van der Waals surface area contributed by atoms with Crippen molar-refractivity contribution in [1.82, 2.24) is 0 Å². The van der Waals surface area contributed by atoms with Gasteiger partial charge in [0.15, 0.2) is 0 Å². The lowest BCUT2D eigenvalue weighted by atomic mass is 9.99. The molecule has 2 aromatic carbocycles. The maximum Gasteiger partial charge on any atom is 0.0846 e. The van der Waals surface area contributed by atoms with Crippen LogP contribution in [-0.4, -0.2) is 0 Å². The fraction of sp³-hybridized carbons (Fsp3) is 0.294. The lowest BCUT2D eigenvalue weighted by Gasteiger charge is -2.14. The van der Waals surface area contributed by atoms with Crippen molar-refractivity contribution >= 4 is 27.5 Å². The van der Waals surface area contributed by atoms with Crippen LogP contribution in [0.25, 0.3) is 0 Å². The van der Waals surface area contributed by atoms with Crippen molar-refractivity contribution in [1.29, 1.82) is 0 Å². The summed E-state index contributed by atoms with van der Waals surface area (Å²) in [6.45, 7) is 2.09. The lowest BCUT2D eigenvalue weighted by molar-refractivity contribution is 0.911. The molecule has 0 fully saturated rings. The SMILES string of the molecule is Cc1ccc(C(Cl)c2ccc3c(c2)CCC3)c(Br)c1. The second kappa shape index (κ2) is 5.30. The van der Waals surface area contributed by atoms with Crippen LogP contribution in [-0.2, 0) is 12.8 Å². The Balaban J connectivity index is 1.97. The Morgan fingerprint density at radius 3 is 2.63 bits per heavy atom. The summed E-state index contributed by atoms with van der Waals surface area (Å²) in [5, 5.41) is -0.0825. The molecule has 98 valence electrons. The minimum Gasteiger partial charge on any atom is -0.113 e. The van der Waals surface area contributed by atoms with Gasteiger partial charge >= 0.3 is 0 Å². The van der Waals surface area contributed by atoms with Crippen LogP contribution in [0, 0.1) is 6.92 Å². The first-order valence-electron chi connectivity index (χ1n) is 6.67. The smallest absolute Gasteiger partial charge is 0.0846 e. The summed E-state index contributed by atoms with van der Waals surface area (Å²) in [4.78, 5) is 0. The molecule has 0 heterocycles. The Hall–Kier alpha value is -0.790. The molecule has 1 aliphatic rings. The molecule has 0 aliphatic heterocycles. The van der Waals surface area contributed by atoms with Crippen LogP contribution in [0.1, 0.15) is 39.6 Å². The van der Waals surface area contributed by atoms with Crippen LogP contribution < -0.4 is 0 Å². The van der Waals surface area contributed by atoms with Crippen LogP contribution in [0.3, 0.4) is 0 Å². The molecule has 0 bridgehead atoms. The molecule has 0 N–H and O–H groups in total. The van der Waals surface area contributed by atoms with E-state index in [-0.39, 0.29) is 5.38 Å². The third-order valence-electron chi connectivity index (χ3n) is 3.84. The highest BCUT2D eigenvalue weighted by molar-refractivity contribution is 9.10. The Bertz CT molecular complexity index is 619. The zero-order valence-electron chi connectivity index (χ0n) is 10.9. The molecular weight excluding hydrogens is 320 g/mol. The van der Waals surface area contributed by atoms with Gasteiger partial charge in [-0.15, -0.1) is 11.6 Å². The molecule has 1 atom stereocenters. The van der Waals surface area contributed by atoms with Crippen molar-refractivity contribution in [3.05, 3.63) is 68.7 Å². The zero-order valence-corrected chi connectivity index (χ0v) is 13.3. The molecule has 0 spiro atoms. The number of fused-ring (bicyclic) bond motifs is 1. The van der Waals surface area contributed by atoms with Gasteiger partial charge in [-0.3, -0.25) is 0 Å². The minimum atomic E-state index is -0.0825. The maximum absolute atomic E-state index is 6.66. The Morgan fingerprint density at radius 1 is 1.05 bits per heavy atom. The predicted molar refractivity (Wildman–Crippen MR) is 85.0 cm³/mol. The van der Waals surface area contributed by atoms with Crippen molar-refractivity contribution in [3.63, 3.8) is 0 Å². The third-order valence-corrected chi connectivity index (χ3v) is 5.02. The normalized spacial score (nSPS) is 15.3. The number of rotatable bonds is 2. The maximum atomic E-state index is 6.66. The van der Waals surface area contributed by atoms with Gasteiger partial charge in [0.2, 0.25) is 0 Å². The van der Waals surface area contributed by atoms with E-state index in [1.165, 1.54) is 41.5 Å². The van der Waals surface area contributed by atoms with Crippen LogP contribution in [0.5, 0.6) is 0 Å². The van der Waals surface area contributed by atoms with Crippen LogP contribution >= 0.6 is 27.5 Å². The molecule has 0 radical (unpaired) electrons. The molecule has 3 rings (SSSR count). The summed E-state index contributed by atoms with van der Waals surface area (Å²) in [7, 11) is 0. The molecule has 19 heavy (non-hydrogen) atoms. The van der Waals surface area contributed by atoms with Crippen molar-refractivity contribution in [2.75, 3.05) is 0 Å². The highest BCUT2D eigenvalue weighted by atomic mass is 79.9. The highest BCUT2D eigenvalue weighted by Crippen LogP contribution is 2.36. The van der Waals surface area contributed by atoms with Gasteiger partial charge in [0, 0.05) is 4.47 Å². The summed E-state index contributed by atoms with van der Waals surface area (Å²) in [6, 6.07) is 13.1. The second-order valence-corrected chi connectivity index (χ2v) is 6.56. The number of alkyl halides is 1. The van der Waals surface area contributed by atoms with E-state index < -0.39 is 0 Å². The Kier molecular flexibility index (Phi) is 3.68. The summed E-state index contributed by atoms with van der Waals surface area (Å²) in [5.74, 6) is 0. The van der Waals surface area contributed by atoms with Crippen molar-refractivity contribution in [2.45, 2.75) is 31.6 Å². The van der Waals surface area contributed by atoms with Crippen LogP contribution in [0.4, 0.5) is 0 Å². The molecule has 1 unspecified atom stereocenters. The zero-order chi connectivity index (χ0) is 13.4. The van der Waals surface area contributed by atoms with Gasteiger partial charge < -0.3 is 0 Å². The number of benzene rings is 2. The monoisotopic (exact) mass is 334 g/mol. The number of halogens is 2. The topological polar surface area (TPSA) is 0 Å². The number of hydrogen-bond donors (Lipinski definition) is 0. The van der Waals surface area contributed by atoms with E-state index in [4.69, 9.17) is 11.6 Å². The van der Waals surface area contributed by atoms with Gasteiger partial charge in [-0.1, -0.05) is 46.3 Å². The molecule has 1 aliphatic carbocycles. The van der Waals surface area contributed by atoms with Gasteiger partial charge in [-0.2, -0.15) is 0 Å². The van der Waals surface area contributed by atoms with Crippen molar-refractivity contribution in [2.24, 2.45) is 0 Å². The van der Waals surface area contributed by atoms with E-state index in [9.17, 15) is 0 Å². The van der Waals surface area contributed by atoms with Crippen molar-refractivity contribution in [3.8, 4) is 0 Å². The van der Waals surface area contributed by atoms with Crippen LogP contribution in [0.15, 0.2) is 40.9 Å². The average Bonchev–Trinajstić information content (AvgIpc) is 2.85. The van der Waals surface area contributed by atoms with Crippen LogP contribution in [0.2, 0.25) is 0 Å². The molecule has 0 saturated heterocycles. The van der Waals surface area contributed by atoms with E-state index in [1.54, 1.807) is 0 Å². The Morgan fingerprint density at radius 2 is 1.84 bits per heavy atom. The molecule has 0 saturated carbocycles. The molecule has 0 nitrogen and oxygen atoms in total. The molecule has 0 aromatic heterocycles. The summed E-state index contributed by atoms with van der Waals surface area (Å²) in [5.41, 5.74) is 6.56. The second-order valence-electron chi connectivity index (χ2n) is 5.27. The number of hydrogen-bond acceptors (Lipinski definition) is 0. The van der Waals surface area contributed by atoms with E-state index in [0.717, 1.165) is 10.0 Å². The van der Waals surface area contributed by atoms with Gasteiger partial charge in [-0.05, 0) is 60.1 Å². The quantitative estimate of drug-likeness (QED) is 0.629.